The largest absolute Gasteiger partial charge is 0.389 e. The molecule has 0 aliphatic carbocycles. The summed E-state index contributed by atoms with van der Waals surface area (Å²) in [7, 11) is 0. The van der Waals surface area contributed by atoms with Gasteiger partial charge in [0, 0.05) is 32.4 Å². The number of thiocarbonyl (C=S) groups is 1. The minimum Gasteiger partial charge on any atom is -0.389 e. The maximum atomic E-state index is 5.90. The second kappa shape index (κ2) is 7.11. The van der Waals surface area contributed by atoms with Crippen LogP contribution in [-0.4, -0.2) is 10.7 Å². The maximum absolute atomic E-state index is 5.90. The predicted molar refractivity (Wildman–Crippen MR) is 95.1 cm³/mol. The fourth-order valence-corrected chi connectivity index (χ4v) is 3.94. The van der Waals surface area contributed by atoms with Gasteiger partial charge in [0.1, 0.15) is 4.99 Å². The molecule has 1 heterocycles. The molecule has 106 valence electrons. The molecule has 0 aliphatic heterocycles. The minimum atomic E-state index is 0.450. The standard InChI is InChI=1S/C15H18N2S3/c1-3-19-13-6-4-5-12(14(13)15(16)18)17-9-11-8-7-10(2)20-11/h4-8,17H,3,9H2,1-2H3,(H2,16,18). The Labute approximate surface area is 133 Å². The number of nitrogens with two attached hydrogens (primary N) is 1. The van der Waals surface area contributed by atoms with Crippen molar-refractivity contribution >= 4 is 46.0 Å². The van der Waals surface area contributed by atoms with E-state index < -0.39 is 0 Å². The van der Waals surface area contributed by atoms with Gasteiger partial charge in [-0.05, 0) is 36.9 Å². The summed E-state index contributed by atoms with van der Waals surface area (Å²) in [6.45, 7) is 5.05. The fourth-order valence-electron chi connectivity index (χ4n) is 1.97. The van der Waals surface area contributed by atoms with Gasteiger partial charge in [-0.2, -0.15) is 0 Å². The van der Waals surface area contributed by atoms with Gasteiger partial charge in [-0.1, -0.05) is 25.2 Å². The molecule has 0 spiro atoms. The highest BCUT2D eigenvalue weighted by atomic mass is 32.2. The summed E-state index contributed by atoms with van der Waals surface area (Å²) in [6, 6.07) is 10.4. The molecule has 0 unspecified atom stereocenters. The summed E-state index contributed by atoms with van der Waals surface area (Å²) in [5, 5.41) is 3.45. The molecule has 1 aromatic carbocycles. The van der Waals surface area contributed by atoms with E-state index in [1.807, 2.05) is 12.1 Å². The van der Waals surface area contributed by atoms with Gasteiger partial charge in [0.05, 0.1) is 0 Å². The van der Waals surface area contributed by atoms with Gasteiger partial charge < -0.3 is 11.1 Å². The summed E-state index contributed by atoms with van der Waals surface area (Å²) in [5.74, 6) is 1.00. The van der Waals surface area contributed by atoms with E-state index in [0.717, 1.165) is 28.4 Å². The lowest BCUT2D eigenvalue weighted by Crippen LogP contribution is -2.14. The van der Waals surface area contributed by atoms with E-state index in [-0.39, 0.29) is 0 Å². The quantitative estimate of drug-likeness (QED) is 0.610. The number of rotatable bonds is 6. The van der Waals surface area contributed by atoms with Crippen LogP contribution in [0.3, 0.4) is 0 Å². The Bertz CT molecular complexity index is 605. The smallest absolute Gasteiger partial charge is 0.107 e. The molecule has 5 heteroatoms. The molecule has 0 saturated heterocycles. The lowest BCUT2D eigenvalue weighted by Gasteiger charge is -2.14. The molecule has 0 amide bonds. The van der Waals surface area contributed by atoms with Crippen LogP contribution in [0.15, 0.2) is 35.2 Å². The van der Waals surface area contributed by atoms with Crippen molar-refractivity contribution in [3.05, 3.63) is 45.6 Å². The van der Waals surface area contributed by atoms with E-state index in [1.54, 1.807) is 23.1 Å². The van der Waals surface area contributed by atoms with Crippen LogP contribution in [0.5, 0.6) is 0 Å². The normalized spacial score (nSPS) is 10.5. The molecule has 2 nitrogen and oxygen atoms in total. The average molecular weight is 323 g/mol. The summed E-state index contributed by atoms with van der Waals surface area (Å²) in [4.78, 5) is 4.23. The SMILES string of the molecule is CCSc1cccc(NCc2ccc(C)s2)c1C(N)=S. The van der Waals surface area contributed by atoms with Crippen molar-refractivity contribution in [3.63, 3.8) is 0 Å². The van der Waals surface area contributed by atoms with Crippen LogP contribution in [0.2, 0.25) is 0 Å². The summed E-state index contributed by atoms with van der Waals surface area (Å²) < 4.78 is 0. The van der Waals surface area contributed by atoms with Crippen LogP contribution in [0, 0.1) is 6.92 Å². The second-order valence-corrected chi connectivity index (χ2v) is 7.46. The van der Waals surface area contributed by atoms with Crippen molar-refractivity contribution < 1.29 is 0 Å². The molecule has 0 atom stereocenters. The Morgan fingerprint density at radius 1 is 1.35 bits per heavy atom. The molecule has 20 heavy (non-hydrogen) atoms. The number of nitrogens with one attached hydrogen (secondary N) is 1. The number of hydrogen-bond acceptors (Lipinski definition) is 4. The van der Waals surface area contributed by atoms with Crippen molar-refractivity contribution in [2.45, 2.75) is 25.3 Å². The van der Waals surface area contributed by atoms with Gasteiger partial charge in [0.2, 0.25) is 0 Å². The van der Waals surface area contributed by atoms with Gasteiger partial charge in [0.25, 0.3) is 0 Å². The third kappa shape index (κ3) is 3.75. The second-order valence-electron chi connectivity index (χ2n) is 4.34. The van der Waals surface area contributed by atoms with Crippen molar-refractivity contribution in [3.8, 4) is 0 Å². The van der Waals surface area contributed by atoms with E-state index in [1.165, 1.54) is 9.75 Å². The Balaban J connectivity index is 2.22. The monoisotopic (exact) mass is 322 g/mol. The first kappa shape index (κ1) is 15.4. The highest BCUT2D eigenvalue weighted by Gasteiger charge is 2.11. The number of benzene rings is 1. The topological polar surface area (TPSA) is 38.0 Å². The van der Waals surface area contributed by atoms with Gasteiger partial charge in [0.15, 0.2) is 0 Å². The lowest BCUT2D eigenvalue weighted by atomic mass is 10.1. The van der Waals surface area contributed by atoms with Crippen LogP contribution in [0.25, 0.3) is 0 Å². The molecule has 0 radical (unpaired) electrons. The van der Waals surface area contributed by atoms with Crippen molar-refractivity contribution in [1.82, 2.24) is 0 Å². The first-order valence-electron chi connectivity index (χ1n) is 6.46. The number of aryl methyl sites for hydroxylation is 1. The van der Waals surface area contributed by atoms with Crippen molar-refractivity contribution in [2.24, 2.45) is 5.73 Å². The van der Waals surface area contributed by atoms with Crippen molar-refractivity contribution in [2.75, 3.05) is 11.1 Å². The highest BCUT2D eigenvalue weighted by Crippen LogP contribution is 2.29. The zero-order valence-corrected chi connectivity index (χ0v) is 14.1. The number of thiophene rings is 1. The van der Waals surface area contributed by atoms with Crippen molar-refractivity contribution in [1.29, 1.82) is 0 Å². The van der Waals surface area contributed by atoms with Crippen LogP contribution in [0.4, 0.5) is 5.69 Å². The van der Waals surface area contributed by atoms with E-state index >= 15 is 0 Å². The summed E-state index contributed by atoms with van der Waals surface area (Å²) >= 11 is 8.78. The molecular weight excluding hydrogens is 304 g/mol. The Hall–Kier alpha value is -1.04. The third-order valence-electron chi connectivity index (χ3n) is 2.82. The first-order chi connectivity index (χ1) is 9.61. The molecule has 2 aromatic rings. The number of thioether (sulfide) groups is 1. The molecule has 3 N–H and O–H groups in total. The molecule has 0 bridgehead atoms. The molecule has 0 fully saturated rings. The number of hydrogen-bond donors (Lipinski definition) is 2. The predicted octanol–water partition coefficient (Wildman–Crippen LogP) is 4.41. The maximum Gasteiger partial charge on any atom is 0.107 e. The van der Waals surface area contributed by atoms with Gasteiger partial charge in [-0.3, -0.25) is 0 Å². The first-order valence-corrected chi connectivity index (χ1v) is 8.67. The Morgan fingerprint density at radius 3 is 2.75 bits per heavy atom. The van der Waals surface area contributed by atoms with Gasteiger partial charge >= 0.3 is 0 Å². The number of anilines is 1. The van der Waals surface area contributed by atoms with E-state index in [0.29, 0.717) is 4.99 Å². The third-order valence-corrected chi connectivity index (χ3v) is 4.97. The van der Waals surface area contributed by atoms with E-state index in [2.05, 4.69) is 37.4 Å². The average Bonchev–Trinajstić information content (AvgIpc) is 2.82. The zero-order valence-electron chi connectivity index (χ0n) is 11.6. The molecule has 1 aromatic heterocycles. The van der Waals surface area contributed by atoms with Crippen LogP contribution in [-0.2, 0) is 6.54 Å². The highest BCUT2D eigenvalue weighted by molar-refractivity contribution is 7.99. The van der Waals surface area contributed by atoms with Crippen LogP contribution >= 0.6 is 35.3 Å². The lowest BCUT2D eigenvalue weighted by molar-refractivity contribution is 1.18. The Morgan fingerprint density at radius 2 is 2.15 bits per heavy atom. The summed E-state index contributed by atoms with van der Waals surface area (Å²) in [6.07, 6.45) is 0. The zero-order chi connectivity index (χ0) is 14.5. The van der Waals surface area contributed by atoms with Crippen LogP contribution < -0.4 is 11.1 Å². The molecule has 2 rings (SSSR count). The summed E-state index contributed by atoms with van der Waals surface area (Å²) in [5.41, 5.74) is 7.88. The van der Waals surface area contributed by atoms with E-state index in [4.69, 9.17) is 18.0 Å². The van der Waals surface area contributed by atoms with Crippen LogP contribution in [0.1, 0.15) is 22.2 Å². The fraction of sp³-hybridized carbons (Fsp3) is 0.267. The van der Waals surface area contributed by atoms with E-state index in [9.17, 15) is 0 Å². The van der Waals surface area contributed by atoms with Gasteiger partial charge in [-0.15, -0.1) is 23.1 Å². The molecule has 0 aliphatic rings. The molecule has 0 saturated carbocycles. The Kier molecular flexibility index (Phi) is 5.46. The molecular formula is C15H18N2S3. The van der Waals surface area contributed by atoms with Gasteiger partial charge in [-0.25, -0.2) is 0 Å². The minimum absolute atomic E-state index is 0.450.